The van der Waals surface area contributed by atoms with Gasteiger partial charge in [-0.15, -0.1) is 0 Å². The van der Waals surface area contributed by atoms with Gasteiger partial charge in [-0.3, -0.25) is 4.98 Å². The van der Waals surface area contributed by atoms with Crippen molar-refractivity contribution in [2.45, 2.75) is 25.9 Å². The molecule has 1 aliphatic heterocycles. The quantitative estimate of drug-likeness (QED) is 0.862. The van der Waals surface area contributed by atoms with Crippen LogP contribution < -0.4 is 4.90 Å². The zero-order valence-corrected chi connectivity index (χ0v) is 12.5. The summed E-state index contributed by atoms with van der Waals surface area (Å²) < 4.78 is 5.14. The Bertz CT molecular complexity index is 602. The minimum atomic E-state index is 0.455. The molecule has 0 radical (unpaired) electrons. The molecule has 0 aliphatic carbocycles. The van der Waals surface area contributed by atoms with E-state index in [1.807, 2.05) is 25.4 Å². The van der Waals surface area contributed by atoms with Crippen molar-refractivity contribution in [2.24, 2.45) is 0 Å². The van der Waals surface area contributed by atoms with E-state index in [-0.39, 0.29) is 0 Å². The van der Waals surface area contributed by atoms with Crippen LogP contribution in [0.2, 0.25) is 0 Å². The molecule has 3 rings (SSSR count). The van der Waals surface area contributed by atoms with Crippen molar-refractivity contribution in [1.29, 1.82) is 0 Å². The Hall–Kier alpha value is -2.01. The fourth-order valence-electron chi connectivity index (χ4n) is 2.84. The van der Waals surface area contributed by atoms with Crippen LogP contribution in [-0.4, -0.2) is 35.2 Å². The summed E-state index contributed by atoms with van der Waals surface area (Å²) in [5.41, 5.74) is 2.34. The Labute approximate surface area is 125 Å². The standard InChI is InChI=1S/C16H20N4O/c1-12-9-16(19-15(18-12)11-21-2)20-8-5-14(10-20)13-3-6-17-7-4-13/h3-4,6-7,9,14H,5,8,10-11H2,1-2H3/t14-/m1/s1. The Kier molecular flexibility index (Phi) is 4.10. The highest BCUT2D eigenvalue weighted by molar-refractivity contribution is 5.42. The van der Waals surface area contributed by atoms with Crippen LogP contribution in [0.1, 0.15) is 29.4 Å². The van der Waals surface area contributed by atoms with Crippen molar-refractivity contribution >= 4 is 5.82 Å². The molecular formula is C16H20N4O. The summed E-state index contributed by atoms with van der Waals surface area (Å²) in [4.78, 5) is 15.4. The van der Waals surface area contributed by atoms with Gasteiger partial charge in [0.15, 0.2) is 5.82 Å². The van der Waals surface area contributed by atoms with Crippen LogP contribution in [0, 0.1) is 6.92 Å². The van der Waals surface area contributed by atoms with Gasteiger partial charge in [-0.25, -0.2) is 9.97 Å². The van der Waals surface area contributed by atoms with Crippen LogP contribution in [-0.2, 0) is 11.3 Å². The number of hydrogen-bond acceptors (Lipinski definition) is 5. The van der Waals surface area contributed by atoms with Crippen LogP contribution in [0.4, 0.5) is 5.82 Å². The number of rotatable bonds is 4. The number of pyridine rings is 1. The third kappa shape index (κ3) is 3.19. The molecule has 3 heterocycles. The molecule has 2 aromatic heterocycles. The third-order valence-corrected chi connectivity index (χ3v) is 3.85. The molecule has 1 fully saturated rings. The van der Waals surface area contributed by atoms with Gasteiger partial charge in [0.25, 0.3) is 0 Å². The van der Waals surface area contributed by atoms with E-state index in [1.165, 1.54) is 5.56 Å². The highest BCUT2D eigenvalue weighted by Gasteiger charge is 2.25. The first-order valence-corrected chi connectivity index (χ1v) is 7.24. The molecule has 0 unspecified atom stereocenters. The largest absolute Gasteiger partial charge is 0.377 e. The van der Waals surface area contributed by atoms with Crippen molar-refractivity contribution in [3.05, 3.63) is 47.7 Å². The molecule has 2 aromatic rings. The Morgan fingerprint density at radius 3 is 2.86 bits per heavy atom. The fourth-order valence-corrected chi connectivity index (χ4v) is 2.84. The van der Waals surface area contributed by atoms with Crippen LogP contribution in [0.5, 0.6) is 0 Å². The van der Waals surface area contributed by atoms with E-state index in [2.05, 4.69) is 32.0 Å². The Balaban J connectivity index is 1.77. The van der Waals surface area contributed by atoms with Crippen molar-refractivity contribution in [3.63, 3.8) is 0 Å². The maximum Gasteiger partial charge on any atom is 0.156 e. The van der Waals surface area contributed by atoms with Crippen molar-refractivity contribution in [1.82, 2.24) is 15.0 Å². The average Bonchev–Trinajstić information content (AvgIpc) is 2.98. The molecular weight excluding hydrogens is 264 g/mol. The maximum atomic E-state index is 5.14. The van der Waals surface area contributed by atoms with Gasteiger partial charge in [-0.1, -0.05) is 0 Å². The molecule has 0 saturated carbocycles. The summed E-state index contributed by atoms with van der Waals surface area (Å²) in [7, 11) is 1.67. The number of hydrogen-bond donors (Lipinski definition) is 0. The lowest BCUT2D eigenvalue weighted by Crippen LogP contribution is -2.21. The molecule has 1 aliphatic rings. The average molecular weight is 284 g/mol. The Morgan fingerprint density at radius 2 is 2.10 bits per heavy atom. The first-order valence-electron chi connectivity index (χ1n) is 7.24. The number of aromatic nitrogens is 3. The van der Waals surface area contributed by atoms with Crippen LogP contribution in [0.3, 0.4) is 0 Å². The fraction of sp³-hybridized carbons (Fsp3) is 0.438. The second kappa shape index (κ2) is 6.18. The highest BCUT2D eigenvalue weighted by Crippen LogP contribution is 2.29. The van der Waals surface area contributed by atoms with E-state index in [0.717, 1.165) is 36.8 Å². The van der Waals surface area contributed by atoms with Gasteiger partial charge in [0.2, 0.25) is 0 Å². The summed E-state index contributed by atoms with van der Waals surface area (Å²) in [5.74, 6) is 2.31. The number of anilines is 1. The van der Waals surface area contributed by atoms with Gasteiger partial charge in [-0.05, 0) is 31.0 Å². The first kappa shape index (κ1) is 13.9. The van der Waals surface area contributed by atoms with Crippen LogP contribution in [0.25, 0.3) is 0 Å². The lowest BCUT2D eigenvalue weighted by molar-refractivity contribution is 0.177. The summed E-state index contributed by atoms with van der Waals surface area (Å²) in [6, 6.07) is 6.26. The summed E-state index contributed by atoms with van der Waals surface area (Å²) in [6.07, 6.45) is 4.87. The monoisotopic (exact) mass is 284 g/mol. The zero-order chi connectivity index (χ0) is 14.7. The predicted octanol–water partition coefficient (Wildman–Crippen LogP) is 2.32. The smallest absolute Gasteiger partial charge is 0.156 e. The summed E-state index contributed by atoms with van der Waals surface area (Å²) in [5, 5.41) is 0. The molecule has 110 valence electrons. The van der Waals surface area contributed by atoms with Gasteiger partial charge in [0, 0.05) is 50.3 Å². The summed E-state index contributed by atoms with van der Waals surface area (Å²) >= 11 is 0. The zero-order valence-electron chi connectivity index (χ0n) is 12.5. The van der Waals surface area contributed by atoms with E-state index in [1.54, 1.807) is 7.11 Å². The first-order chi connectivity index (χ1) is 10.3. The van der Waals surface area contributed by atoms with E-state index < -0.39 is 0 Å². The highest BCUT2D eigenvalue weighted by atomic mass is 16.5. The minimum absolute atomic E-state index is 0.455. The molecule has 0 bridgehead atoms. The number of aryl methyl sites for hydroxylation is 1. The Morgan fingerprint density at radius 1 is 1.29 bits per heavy atom. The molecule has 0 N–H and O–H groups in total. The third-order valence-electron chi connectivity index (χ3n) is 3.85. The molecule has 1 saturated heterocycles. The predicted molar refractivity (Wildman–Crippen MR) is 81.3 cm³/mol. The number of nitrogens with zero attached hydrogens (tertiary/aromatic N) is 4. The van der Waals surface area contributed by atoms with Gasteiger partial charge in [0.1, 0.15) is 12.4 Å². The van der Waals surface area contributed by atoms with Crippen LogP contribution in [0.15, 0.2) is 30.6 Å². The molecule has 1 atom stereocenters. The molecule has 5 nitrogen and oxygen atoms in total. The maximum absolute atomic E-state index is 5.14. The summed E-state index contributed by atoms with van der Waals surface area (Å²) in [6.45, 7) is 4.47. The SMILES string of the molecule is COCc1nc(C)cc(N2CC[C@@H](c3ccncc3)C2)n1. The topological polar surface area (TPSA) is 51.1 Å². The molecule has 0 spiro atoms. The molecule has 0 amide bonds. The van der Waals surface area contributed by atoms with Crippen molar-refractivity contribution in [2.75, 3.05) is 25.1 Å². The van der Waals surface area contributed by atoms with Gasteiger partial charge >= 0.3 is 0 Å². The lowest BCUT2D eigenvalue weighted by atomic mass is 10.00. The molecule has 5 heteroatoms. The van der Waals surface area contributed by atoms with Crippen LogP contribution >= 0.6 is 0 Å². The molecule has 21 heavy (non-hydrogen) atoms. The van der Waals surface area contributed by atoms with Crippen molar-refractivity contribution < 1.29 is 4.74 Å². The van der Waals surface area contributed by atoms with E-state index in [0.29, 0.717) is 12.5 Å². The second-order valence-electron chi connectivity index (χ2n) is 5.43. The number of ether oxygens (including phenoxy) is 1. The second-order valence-corrected chi connectivity index (χ2v) is 5.43. The van der Waals surface area contributed by atoms with E-state index >= 15 is 0 Å². The van der Waals surface area contributed by atoms with E-state index in [4.69, 9.17) is 4.74 Å². The number of methoxy groups -OCH3 is 1. The van der Waals surface area contributed by atoms with Crippen molar-refractivity contribution in [3.8, 4) is 0 Å². The minimum Gasteiger partial charge on any atom is -0.377 e. The van der Waals surface area contributed by atoms with Gasteiger partial charge in [-0.2, -0.15) is 0 Å². The lowest BCUT2D eigenvalue weighted by Gasteiger charge is -2.18. The molecule has 0 aromatic carbocycles. The van der Waals surface area contributed by atoms with Gasteiger partial charge < -0.3 is 9.64 Å². The van der Waals surface area contributed by atoms with Gasteiger partial charge in [0.05, 0.1) is 0 Å². The normalized spacial score (nSPS) is 18.2. The van der Waals surface area contributed by atoms with E-state index in [9.17, 15) is 0 Å².